The molecular weight excluding hydrogens is 288 g/mol. The third-order valence-corrected chi connectivity index (χ3v) is 3.82. The van der Waals surface area contributed by atoms with Crippen LogP contribution in [0.3, 0.4) is 0 Å². The molecule has 1 aromatic rings. The van der Waals surface area contributed by atoms with Gasteiger partial charge in [0.2, 0.25) is 6.29 Å². The minimum atomic E-state index is -1.44. The van der Waals surface area contributed by atoms with Crippen molar-refractivity contribution < 1.29 is 29.9 Å². The molecule has 0 radical (unpaired) electrons. The summed E-state index contributed by atoms with van der Waals surface area (Å²) in [5.41, 5.74) is 1.15. The molecule has 1 aromatic carbocycles. The molecule has 22 heavy (non-hydrogen) atoms. The van der Waals surface area contributed by atoms with E-state index in [0.717, 1.165) is 5.56 Å². The van der Waals surface area contributed by atoms with E-state index in [1.807, 2.05) is 12.1 Å². The summed E-state index contributed by atoms with van der Waals surface area (Å²) in [5.74, 6) is 0.470. The highest BCUT2D eigenvalue weighted by molar-refractivity contribution is 5.31. The largest absolute Gasteiger partial charge is 0.462 e. The highest BCUT2D eigenvalue weighted by atomic mass is 16.7. The summed E-state index contributed by atoms with van der Waals surface area (Å²) < 4.78 is 10.8. The molecule has 0 aliphatic carbocycles. The molecule has 4 N–H and O–H groups in total. The summed E-state index contributed by atoms with van der Waals surface area (Å²) in [4.78, 5) is 0. The number of hydrogen-bond donors (Lipinski definition) is 4. The highest BCUT2D eigenvalue weighted by Gasteiger charge is 2.44. The van der Waals surface area contributed by atoms with Crippen molar-refractivity contribution in [2.75, 3.05) is 6.61 Å². The lowest BCUT2D eigenvalue weighted by atomic mass is 9.87. The van der Waals surface area contributed by atoms with E-state index in [-0.39, 0.29) is 5.41 Å². The van der Waals surface area contributed by atoms with Gasteiger partial charge in [-0.05, 0) is 23.1 Å². The van der Waals surface area contributed by atoms with Crippen LogP contribution >= 0.6 is 0 Å². The van der Waals surface area contributed by atoms with Crippen molar-refractivity contribution >= 4 is 0 Å². The Morgan fingerprint density at radius 2 is 1.59 bits per heavy atom. The van der Waals surface area contributed by atoms with Crippen molar-refractivity contribution in [3.8, 4) is 5.75 Å². The van der Waals surface area contributed by atoms with Crippen LogP contribution in [-0.4, -0.2) is 57.7 Å². The van der Waals surface area contributed by atoms with Gasteiger partial charge in [-0.1, -0.05) is 32.9 Å². The van der Waals surface area contributed by atoms with Crippen molar-refractivity contribution in [2.45, 2.75) is 56.9 Å². The summed E-state index contributed by atoms with van der Waals surface area (Å²) in [7, 11) is 0. The van der Waals surface area contributed by atoms with E-state index in [2.05, 4.69) is 20.8 Å². The van der Waals surface area contributed by atoms with Gasteiger partial charge in [0, 0.05) is 0 Å². The number of benzene rings is 1. The van der Waals surface area contributed by atoms with Crippen LogP contribution in [-0.2, 0) is 10.2 Å². The first-order valence-electron chi connectivity index (χ1n) is 7.32. The van der Waals surface area contributed by atoms with Crippen LogP contribution in [0.1, 0.15) is 26.3 Å². The summed E-state index contributed by atoms with van der Waals surface area (Å²) in [5, 5.41) is 38.5. The van der Waals surface area contributed by atoms with Gasteiger partial charge in [0.05, 0.1) is 6.61 Å². The Morgan fingerprint density at radius 3 is 2.09 bits per heavy atom. The maximum Gasteiger partial charge on any atom is 0.229 e. The fraction of sp³-hybridized carbons (Fsp3) is 0.625. The molecule has 0 aromatic heterocycles. The van der Waals surface area contributed by atoms with Crippen molar-refractivity contribution in [2.24, 2.45) is 0 Å². The van der Waals surface area contributed by atoms with E-state index in [1.165, 1.54) is 0 Å². The predicted molar refractivity (Wildman–Crippen MR) is 79.5 cm³/mol. The summed E-state index contributed by atoms with van der Waals surface area (Å²) in [6.07, 6.45) is -6.36. The molecule has 0 amide bonds. The predicted octanol–water partition coefficient (Wildman–Crippen LogP) is 0.163. The number of rotatable bonds is 3. The molecule has 0 saturated carbocycles. The van der Waals surface area contributed by atoms with Gasteiger partial charge in [-0.2, -0.15) is 0 Å². The molecule has 6 nitrogen and oxygen atoms in total. The average molecular weight is 312 g/mol. The number of aliphatic hydroxyl groups excluding tert-OH is 4. The summed E-state index contributed by atoms with van der Waals surface area (Å²) >= 11 is 0. The van der Waals surface area contributed by atoms with Gasteiger partial charge >= 0.3 is 0 Å². The van der Waals surface area contributed by atoms with Gasteiger partial charge in [-0.15, -0.1) is 0 Å². The van der Waals surface area contributed by atoms with Gasteiger partial charge in [0.1, 0.15) is 30.2 Å². The molecular formula is C16H24O6. The van der Waals surface area contributed by atoms with E-state index < -0.39 is 37.3 Å². The molecule has 6 heteroatoms. The van der Waals surface area contributed by atoms with E-state index >= 15 is 0 Å². The second-order valence-electron chi connectivity index (χ2n) is 6.59. The molecule has 0 unspecified atom stereocenters. The Balaban J connectivity index is 2.09. The monoisotopic (exact) mass is 312 g/mol. The maximum absolute atomic E-state index is 9.92. The van der Waals surface area contributed by atoms with Crippen LogP contribution in [0.15, 0.2) is 24.3 Å². The molecule has 1 aliphatic heterocycles. The fourth-order valence-electron chi connectivity index (χ4n) is 2.33. The van der Waals surface area contributed by atoms with Crippen molar-refractivity contribution in [3.05, 3.63) is 29.8 Å². The third-order valence-electron chi connectivity index (χ3n) is 3.82. The third kappa shape index (κ3) is 3.59. The summed E-state index contributed by atoms with van der Waals surface area (Å²) in [6.45, 7) is 5.81. The number of aliphatic hydroxyl groups is 4. The SMILES string of the molecule is CC(C)(C)c1ccc(O[C@@H]2O[C@H](CO)[C@@H](O)[C@H](O)[C@H]2O)cc1. The lowest BCUT2D eigenvalue weighted by Gasteiger charge is -2.39. The molecule has 2 rings (SSSR count). The molecule has 1 aliphatic rings. The van der Waals surface area contributed by atoms with Crippen LogP contribution in [0, 0.1) is 0 Å². The zero-order valence-corrected chi connectivity index (χ0v) is 13.0. The Hall–Kier alpha value is -1.18. The lowest BCUT2D eigenvalue weighted by molar-refractivity contribution is -0.277. The topological polar surface area (TPSA) is 99.4 Å². The molecule has 0 bridgehead atoms. The summed E-state index contributed by atoms with van der Waals surface area (Å²) in [6, 6.07) is 7.34. The Kier molecular flexibility index (Phi) is 5.09. The second kappa shape index (κ2) is 6.52. The van der Waals surface area contributed by atoms with Crippen LogP contribution < -0.4 is 4.74 Å². The van der Waals surface area contributed by atoms with Crippen molar-refractivity contribution in [1.82, 2.24) is 0 Å². The van der Waals surface area contributed by atoms with Gasteiger partial charge in [0.25, 0.3) is 0 Å². The second-order valence-corrected chi connectivity index (χ2v) is 6.59. The number of ether oxygens (including phenoxy) is 2. The Morgan fingerprint density at radius 1 is 1.00 bits per heavy atom. The lowest BCUT2D eigenvalue weighted by Crippen LogP contribution is -2.60. The van der Waals surface area contributed by atoms with Gasteiger partial charge in [-0.25, -0.2) is 0 Å². The fourth-order valence-corrected chi connectivity index (χ4v) is 2.33. The first-order valence-corrected chi connectivity index (χ1v) is 7.32. The Labute approximate surface area is 129 Å². The molecule has 1 saturated heterocycles. The normalized spacial score (nSPS) is 32.8. The van der Waals surface area contributed by atoms with Crippen molar-refractivity contribution in [3.63, 3.8) is 0 Å². The van der Waals surface area contributed by atoms with Crippen LogP contribution in [0.4, 0.5) is 0 Å². The molecule has 124 valence electrons. The minimum Gasteiger partial charge on any atom is -0.462 e. The van der Waals surface area contributed by atoms with Gasteiger partial charge in [-0.3, -0.25) is 0 Å². The maximum atomic E-state index is 9.92. The zero-order chi connectivity index (χ0) is 16.5. The van der Waals surface area contributed by atoms with E-state index in [4.69, 9.17) is 14.6 Å². The molecule has 1 heterocycles. The number of hydrogen-bond acceptors (Lipinski definition) is 6. The van der Waals surface area contributed by atoms with Crippen LogP contribution in [0.25, 0.3) is 0 Å². The Bertz CT molecular complexity index is 478. The molecule has 0 spiro atoms. The van der Waals surface area contributed by atoms with Crippen LogP contribution in [0.5, 0.6) is 5.75 Å². The average Bonchev–Trinajstić information content (AvgIpc) is 2.47. The van der Waals surface area contributed by atoms with E-state index in [1.54, 1.807) is 12.1 Å². The van der Waals surface area contributed by atoms with Crippen molar-refractivity contribution in [1.29, 1.82) is 0 Å². The minimum absolute atomic E-state index is 0.0155. The van der Waals surface area contributed by atoms with E-state index in [9.17, 15) is 15.3 Å². The molecule has 5 atom stereocenters. The quantitative estimate of drug-likeness (QED) is 0.635. The highest BCUT2D eigenvalue weighted by Crippen LogP contribution is 2.27. The smallest absolute Gasteiger partial charge is 0.229 e. The van der Waals surface area contributed by atoms with E-state index in [0.29, 0.717) is 5.75 Å². The molecule has 1 fully saturated rings. The zero-order valence-electron chi connectivity index (χ0n) is 13.0. The standard InChI is InChI=1S/C16H24O6/c1-16(2,3)9-4-6-10(7-5-9)21-15-14(20)13(19)12(18)11(8-17)22-15/h4-7,11-15,17-20H,8H2,1-3H3/t11-,12-,13+,14-,15-/m1/s1. The first-order chi connectivity index (χ1) is 10.2. The van der Waals surface area contributed by atoms with Gasteiger partial charge < -0.3 is 29.9 Å². The first kappa shape index (κ1) is 17.2. The van der Waals surface area contributed by atoms with Crippen LogP contribution in [0.2, 0.25) is 0 Å². The van der Waals surface area contributed by atoms with Gasteiger partial charge in [0.15, 0.2) is 0 Å².